The number of hydrogen-bond acceptors (Lipinski definition) is 3. The van der Waals surface area contributed by atoms with E-state index in [0.29, 0.717) is 22.1 Å². The second-order valence-corrected chi connectivity index (χ2v) is 6.25. The van der Waals surface area contributed by atoms with Gasteiger partial charge in [0, 0.05) is 10.0 Å². The lowest BCUT2D eigenvalue weighted by Gasteiger charge is -2.18. The summed E-state index contributed by atoms with van der Waals surface area (Å²) < 4.78 is 11.4. The molecule has 2 aromatic rings. The van der Waals surface area contributed by atoms with Gasteiger partial charge in [0.2, 0.25) is 0 Å². The lowest BCUT2D eigenvalue weighted by molar-refractivity contribution is 0.0939. The highest BCUT2D eigenvalue weighted by atomic mass is 79.9. The summed E-state index contributed by atoms with van der Waals surface area (Å²) in [6.07, 6.45) is 0. The molecule has 0 bridgehead atoms. The summed E-state index contributed by atoms with van der Waals surface area (Å²) >= 11 is 9.44. The van der Waals surface area contributed by atoms with E-state index in [2.05, 4.69) is 21.2 Å². The molecule has 6 heteroatoms. The van der Waals surface area contributed by atoms with Crippen LogP contribution in [0.3, 0.4) is 0 Å². The zero-order valence-electron chi connectivity index (χ0n) is 13.0. The molecule has 4 nitrogen and oxygen atoms in total. The number of nitrogens with one attached hydrogen (secondary N) is 1. The molecule has 0 aliphatic carbocycles. The van der Waals surface area contributed by atoms with Gasteiger partial charge in [-0.05, 0) is 43.3 Å². The molecule has 0 radical (unpaired) electrons. The molecule has 0 aliphatic heterocycles. The molecule has 0 heterocycles. The Morgan fingerprint density at radius 3 is 2.57 bits per heavy atom. The third kappa shape index (κ3) is 4.18. The van der Waals surface area contributed by atoms with Crippen molar-refractivity contribution in [3.63, 3.8) is 0 Å². The van der Waals surface area contributed by atoms with Crippen molar-refractivity contribution in [2.45, 2.75) is 13.0 Å². The van der Waals surface area contributed by atoms with Gasteiger partial charge >= 0.3 is 0 Å². The fourth-order valence-electron chi connectivity index (χ4n) is 2.20. The van der Waals surface area contributed by atoms with E-state index < -0.39 is 0 Å². The van der Waals surface area contributed by atoms with Gasteiger partial charge in [0.25, 0.3) is 5.91 Å². The SMILES string of the molecule is COc1ccc(OC)c(C(C)NC(=O)c2cc(Br)ccc2Cl)c1. The number of rotatable bonds is 5. The first-order chi connectivity index (χ1) is 11.0. The Bertz CT molecular complexity index is 721. The average molecular weight is 399 g/mol. The van der Waals surface area contributed by atoms with Crippen molar-refractivity contribution < 1.29 is 14.3 Å². The monoisotopic (exact) mass is 397 g/mol. The molecule has 0 aliphatic rings. The molecule has 0 spiro atoms. The van der Waals surface area contributed by atoms with Gasteiger partial charge in [0.15, 0.2) is 0 Å². The van der Waals surface area contributed by atoms with E-state index in [1.165, 1.54) is 0 Å². The van der Waals surface area contributed by atoms with Crippen LogP contribution >= 0.6 is 27.5 Å². The summed E-state index contributed by atoms with van der Waals surface area (Å²) in [6.45, 7) is 1.88. The van der Waals surface area contributed by atoms with E-state index in [1.807, 2.05) is 25.1 Å². The van der Waals surface area contributed by atoms with Crippen LogP contribution in [0.4, 0.5) is 0 Å². The lowest BCUT2D eigenvalue weighted by Crippen LogP contribution is -2.27. The molecule has 1 atom stereocenters. The minimum absolute atomic E-state index is 0.256. The highest BCUT2D eigenvalue weighted by molar-refractivity contribution is 9.10. The van der Waals surface area contributed by atoms with E-state index in [4.69, 9.17) is 21.1 Å². The maximum Gasteiger partial charge on any atom is 0.253 e. The maximum absolute atomic E-state index is 12.5. The second-order valence-electron chi connectivity index (χ2n) is 4.93. The van der Waals surface area contributed by atoms with Gasteiger partial charge in [0.05, 0.1) is 30.8 Å². The first-order valence-corrected chi connectivity index (χ1v) is 8.11. The van der Waals surface area contributed by atoms with Gasteiger partial charge in [-0.15, -0.1) is 0 Å². The van der Waals surface area contributed by atoms with Crippen molar-refractivity contribution in [3.05, 3.63) is 57.0 Å². The van der Waals surface area contributed by atoms with Gasteiger partial charge in [-0.2, -0.15) is 0 Å². The minimum atomic E-state index is -0.275. The van der Waals surface area contributed by atoms with E-state index in [-0.39, 0.29) is 11.9 Å². The first-order valence-electron chi connectivity index (χ1n) is 6.94. The van der Waals surface area contributed by atoms with Gasteiger partial charge < -0.3 is 14.8 Å². The zero-order chi connectivity index (χ0) is 17.0. The number of methoxy groups -OCH3 is 2. The number of benzene rings is 2. The van der Waals surface area contributed by atoms with Crippen LogP contribution in [0.1, 0.15) is 28.9 Å². The van der Waals surface area contributed by atoms with Crippen LogP contribution in [-0.4, -0.2) is 20.1 Å². The summed E-state index contributed by atoms with van der Waals surface area (Å²) in [7, 11) is 3.18. The lowest BCUT2D eigenvalue weighted by atomic mass is 10.1. The van der Waals surface area contributed by atoms with Crippen molar-refractivity contribution in [3.8, 4) is 11.5 Å². The predicted octanol–water partition coefficient (Wildman–Crippen LogP) is 4.61. The van der Waals surface area contributed by atoms with E-state index in [9.17, 15) is 4.79 Å². The largest absolute Gasteiger partial charge is 0.497 e. The van der Waals surface area contributed by atoms with Crippen molar-refractivity contribution in [1.29, 1.82) is 0 Å². The Kier molecular flexibility index (Phi) is 5.91. The van der Waals surface area contributed by atoms with Crippen LogP contribution in [0.25, 0.3) is 0 Å². The molecule has 1 unspecified atom stereocenters. The van der Waals surface area contributed by atoms with Crippen molar-refractivity contribution in [2.24, 2.45) is 0 Å². The predicted molar refractivity (Wildman–Crippen MR) is 94.6 cm³/mol. The fourth-order valence-corrected chi connectivity index (χ4v) is 2.77. The summed E-state index contributed by atoms with van der Waals surface area (Å²) in [5.41, 5.74) is 1.24. The Balaban J connectivity index is 2.26. The number of ether oxygens (including phenoxy) is 2. The van der Waals surface area contributed by atoms with Crippen LogP contribution in [-0.2, 0) is 0 Å². The summed E-state index contributed by atoms with van der Waals surface area (Å²) in [4.78, 5) is 12.5. The smallest absolute Gasteiger partial charge is 0.253 e. The Labute approximate surface area is 148 Å². The first kappa shape index (κ1) is 17.6. The Morgan fingerprint density at radius 2 is 1.91 bits per heavy atom. The van der Waals surface area contributed by atoms with Gasteiger partial charge in [-0.25, -0.2) is 0 Å². The van der Waals surface area contributed by atoms with Crippen LogP contribution in [0.2, 0.25) is 5.02 Å². The maximum atomic E-state index is 12.5. The summed E-state index contributed by atoms with van der Waals surface area (Å²) in [5.74, 6) is 1.12. The Morgan fingerprint density at radius 1 is 1.17 bits per heavy atom. The topological polar surface area (TPSA) is 47.6 Å². The third-order valence-electron chi connectivity index (χ3n) is 3.42. The number of amides is 1. The molecule has 1 amide bonds. The van der Waals surface area contributed by atoms with Crippen molar-refractivity contribution in [2.75, 3.05) is 14.2 Å². The number of carbonyl (C=O) groups is 1. The normalized spacial score (nSPS) is 11.7. The van der Waals surface area contributed by atoms with Gasteiger partial charge in [-0.1, -0.05) is 27.5 Å². The van der Waals surface area contributed by atoms with Gasteiger partial charge in [-0.3, -0.25) is 4.79 Å². The molecule has 23 heavy (non-hydrogen) atoms. The zero-order valence-corrected chi connectivity index (χ0v) is 15.4. The molecular weight excluding hydrogens is 382 g/mol. The standard InChI is InChI=1S/C17H17BrClNO3/c1-10(13-9-12(22-2)5-7-16(13)23-3)20-17(21)14-8-11(18)4-6-15(14)19/h4-10H,1-3H3,(H,20,21). The minimum Gasteiger partial charge on any atom is -0.497 e. The molecule has 122 valence electrons. The van der Waals surface area contributed by atoms with Crippen molar-refractivity contribution in [1.82, 2.24) is 5.32 Å². The second kappa shape index (κ2) is 7.70. The average Bonchev–Trinajstić information content (AvgIpc) is 2.56. The van der Waals surface area contributed by atoms with Crippen LogP contribution < -0.4 is 14.8 Å². The molecule has 0 fully saturated rings. The third-order valence-corrected chi connectivity index (χ3v) is 4.25. The molecule has 2 rings (SSSR count). The quantitative estimate of drug-likeness (QED) is 0.800. The van der Waals surface area contributed by atoms with Gasteiger partial charge in [0.1, 0.15) is 11.5 Å². The highest BCUT2D eigenvalue weighted by Crippen LogP contribution is 2.30. The molecular formula is C17H17BrClNO3. The molecule has 1 N–H and O–H groups in total. The summed E-state index contributed by atoms with van der Waals surface area (Å²) in [6, 6.07) is 10.3. The Hall–Kier alpha value is -1.72. The number of halogens is 2. The molecule has 0 saturated carbocycles. The van der Waals surface area contributed by atoms with Crippen LogP contribution in [0.15, 0.2) is 40.9 Å². The van der Waals surface area contributed by atoms with Crippen LogP contribution in [0, 0.1) is 0 Å². The van der Waals surface area contributed by atoms with E-state index in [1.54, 1.807) is 32.4 Å². The highest BCUT2D eigenvalue weighted by Gasteiger charge is 2.18. The number of hydrogen-bond donors (Lipinski definition) is 1. The van der Waals surface area contributed by atoms with E-state index >= 15 is 0 Å². The van der Waals surface area contributed by atoms with E-state index in [0.717, 1.165) is 10.0 Å². The van der Waals surface area contributed by atoms with Crippen molar-refractivity contribution >= 4 is 33.4 Å². The number of carbonyl (C=O) groups excluding carboxylic acids is 1. The van der Waals surface area contributed by atoms with Crippen LogP contribution in [0.5, 0.6) is 11.5 Å². The summed E-state index contributed by atoms with van der Waals surface area (Å²) in [5, 5.41) is 3.33. The fraction of sp³-hybridized carbons (Fsp3) is 0.235. The molecule has 0 saturated heterocycles. The molecule has 0 aromatic heterocycles. The molecule has 2 aromatic carbocycles.